The van der Waals surface area contributed by atoms with Crippen molar-refractivity contribution in [3.8, 4) is 11.5 Å². The number of methoxy groups -OCH3 is 1. The van der Waals surface area contributed by atoms with Crippen LogP contribution in [0.1, 0.15) is 45.1 Å². The lowest BCUT2D eigenvalue weighted by Crippen LogP contribution is -2.52. The van der Waals surface area contributed by atoms with Gasteiger partial charge in [0.2, 0.25) is 11.8 Å². The molecule has 0 saturated heterocycles. The summed E-state index contributed by atoms with van der Waals surface area (Å²) in [5.41, 5.74) is 0.841. The fourth-order valence-corrected chi connectivity index (χ4v) is 6.45. The Balaban J connectivity index is 1.67. The molecule has 3 aromatic carbocycles. The molecule has 0 bridgehead atoms. The maximum absolute atomic E-state index is 14.0. The van der Waals surface area contributed by atoms with Gasteiger partial charge in [0.1, 0.15) is 29.9 Å². The summed E-state index contributed by atoms with van der Waals surface area (Å²) in [6, 6.07) is 17.0. The summed E-state index contributed by atoms with van der Waals surface area (Å²) in [6.45, 7) is 3.31. The van der Waals surface area contributed by atoms with Gasteiger partial charge in [0.05, 0.1) is 24.3 Å². The lowest BCUT2D eigenvalue weighted by Gasteiger charge is -2.32. The predicted octanol–water partition coefficient (Wildman–Crippen LogP) is 4.90. The van der Waals surface area contributed by atoms with Crippen LogP contribution < -0.4 is 19.1 Å². The first-order chi connectivity index (χ1) is 20.6. The van der Waals surface area contributed by atoms with Gasteiger partial charge >= 0.3 is 0 Å². The fraction of sp³-hybridized carbons (Fsp3) is 0.375. The minimum absolute atomic E-state index is 0.0450. The van der Waals surface area contributed by atoms with E-state index >= 15 is 0 Å². The van der Waals surface area contributed by atoms with E-state index in [0.29, 0.717) is 18.1 Å². The van der Waals surface area contributed by atoms with Gasteiger partial charge in [-0.3, -0.25) is 13.9 Å². The number of hydrogen-bond donors (Lipinski definition) is 1. The van der Waals surface area contributed by atoms with E-state index in [2.05, 4.69) is 5.32 Å². The van der Waals surface area contributed by atoms with Gasteiger partial charge in [-0.2, -0.15) is 0 Å². The average molecular weight is 612 g/mol. The quantitative estimate of drug-likeness (QED) is 0.295. The molecule has 230 valence electrons. The van der Waals surface area contributed by atoms with Crippen molar-refractivity contribution in [3.05, 3.63) is 84.2 Å². The van der Waals surface area contributed by atoms with Gasteiger partial charge in [-0.15, -0.1) is 0 Å². The Morgan fingerprint density at radius 3 is 2.14 bits per heavy atom. The summed E-state index contributed by atoms with van der Waals surface area (Å²) < 4.78 is 53.3. The van der Waals surface area contributed by atoms with Gasteiger partial charge in [-0.1, -0.05) is 25.0 Å². The zero-order chi connectivity index (χ0) is 31.0. The minimum Gasteiger partial charge on any atom is -0.497 e. The Bertz CT molecular complexity index is 1470. The monoisotopic (exact) mass is 611 g/mol. The van der Waals surface area contributed by atoms with E-state index < -0.39 is 34.3 Å². The van der Waals surface area contributed by atoms with Crippen molar-refractivity contribution >= 4 is 27.5 Å². The van der Waals surface area contributed by atoms with Crippen LogP contribution in [0.3, 0.4) is 0 Å². The summed E-state index contributed by atoms with van der Waals surface area (Å²) in [5, 5.41) is 3.04. The summed E-state index contributed by atoms with van der Waals surface area (Å²) in [5.74, 6) is -0.316. The number of sulfonamides is 1. The van der Waals surface area contributed by atoms with Crippen molar-refractivity contribution in [1.29, 1.82) is 0 Å². The van der Waals surface area contributed by atoms with E-state index in [4.69, 9.17) is 9.47 Å². The summed E-state index contributed by atoms with van der Waals surface area (Å²) in [4.78, 5) is 28.7. The highest BCUT2D eigenvalue weighted by Gasteiger charge is 2.33. The van der Waals surface area contributed by atoms with Crippen LogP contribution in [0, 0.1) is 5.82 Å². The van der Waals surface area contributed by atoms with Crippen LogP contribution in [0.2, 0.25) is 0 Å². The molecule has 0 aromatic heterocycles. The molecule has 0 aliphatic heterocycles. The summed E-state index contributed by atoms with van der Waals surface area (Å²) >= 11 is 0. The van der Waals surface area contributed by atoms with Crippen LogP contribution >= 0.6 is 0 Å². The van der Waals surface area contributed by atoms with E-state index in [0.717, 1.165) is 47.7 Å². The molecule has 2 amide bonds. The second kappa shape index (κ2) is 14.4. The zero-order valence-corrected chi connectivity index (χ0v) is 25.5. The van der Waals surface area contributed by atoms with E-state index in [-0.39, 0.29) is 29.1 Å². The van der Waals surface area contributed by atoms with Gasteiger partial charge in [-0.05, 0) is 92.9 Å². The van der Waals surface area contributed by atoms with Crippen molar-refractivity contribution in [2.75, 3.05) is 24.6 Å². The molecular weight excluding hydrogens is 573 g/mol. The molecule has 9 nitrogen and oxygen atoms in total. The molecule has 1 N–H and O–H groups in total. The number of nitrogens with zero attached hydrogens (tertiary/aromatic N) is 2. The highest BCUT2D eigenvalue weighted by molar-refractivity contribution is 7.92. The molecular formula is C32H38FN3O6S. The molecule has 1 atom stereocenters. The number of benzene rings is 3. The van der Waals surface area contributed by atoms with Crippen LogP contribution in [-0.4, -0.2) is 57.5 Å². The minimum atomic E-state index is -4.28. The van der Waals surface area contributed by atoms with Crippen molar-refractivity contribution in [2.24, 2.45) is 0 Å². The molecule has 1 aliphatic carbocycles. The van der Waals surface area contributed by atoms with E-state index in [9.17, 15) is 22.4 Å². The number of carbonyl (C=O) groups excluding carboxylic acids is 2. The van der Waals surface area contributed by atoms with Crippen molar-refractivity contribution in [1.82, 2.24) is 10.2 Å². The first-order valence-corrected chi connectivity index (χ1v) is 15.8. The summed E-state index contributed by atoms with van der Waals surface area (Å²) in [6.07, 6.45) is 3.82. The first-order valence-electron chi connectivity index (χ1n) is 14.4. The third-order valence-electron chi connectivity index (χ3n) is 7.50. The van der Waals surface area contributed by atoms with Gasteiger partial charge in [0.25, 0.3) is 10.0 Å². The number of rotatable bonds is 13. The van der Waals surface area contributed by atoms with E-state index in [1.807, 2.05) is 6.92 Å². The van der Waals surface area contributed by atoms with E-state index in [1.165, 1.54) is 41.3 Å². The number of hydrogen-bond acceptors (Lipinski definition) is 6. The standard InChI is InChI=1S/C32H38FN3O6S/c1-4-42-29-17-19-30(20-18-29)43(39,40)36(27-13-11-25(33)12-14-27)22-31(37)35(21-24-9-15-28(41-3)16-10-24)23(2)32(38)34-26-7-5-6-8-26/h9-20,23,26H,4-8,21-22H2,1-3H3,(H,34,38). The van der Waals surface area contributed by atoms with Crippen LogP contribution in [-0.2, 0) is 26.2 Å². The summed E-state index contributed by atoms with van der Waals surface area (Å²) in [7, 11) is -2.73. The molecule has 1 saturated carbocycles. The van der Waals surface area contributed by atoms with Crippen LogP contribution in [0.5, 0.6) is 11.5 Å². The van der Waals surface area contributed by atoms with Gasteiger partial charge < -0.3 is 19.7 Å². The average Bonchev–Trinajstić information content (AvgIpc) is 3.52. The van der Waals surface area contributed by atoms with Crippen molar-refractivity contribution in [3.63, 3.8) is 0 Å². The van der Waals surface area contributed by atoms with Gasteiger partial charge in [-0.25, -0.2) is 12.8 Å². The molecule has 0 heterocycles. The molecule has 1 fully saturated rings. The maximum atomic E-state index is 14.0. The van der Waals surface area contributed by atoms with Crippen molar-refractivity contribution in [2.45, 2.75) is 63.1 Å². The number of carbonyl (C=O) groups is 2. The third-order valence-corrected chi connectivity index (χ3v) is 9.29. The lowest BCUT2D eigenvalue weighted by atomic mass is 10.1. The van der Waals surface area contributed by atoms with Crippen molar-refractivity contribution < 1.29 is 31.9 Å². The molecule has 1 aliphatic rings. The first kappa shape index (κ1) is 31.8. The number of anilines is 1. The van der Waals surface area contributed by atoms with Gasteiger partial charge in [0.15, 0.2) is 0 Å². The molecule has 1 unspecified atom stereocenters. The lowest BCUT2D eigenvalue weighted by molar-refractivity contribution is -0.139. The fourth-order valence-electron chi connectivity index (χ4n) is 5.04. The number of nitrogens with one attached hydrogen (secondary N) is 1. The number of ether oxygens (including phenoxy) is 2. The molecule has 11 heteroatoms. The maximum Gasteiger partial charge on any atom is 0.264 e. The van der Waals surface area contributed by atoms with Gasteiger partial charge in [0, 0.05) is 12.6 Å². The Morgan fingerprint density at radius 2 is 1.56 bits per heavy atom. The Kier molecular flexibility index (Phi) is 10.6. The zero-order valence-electron chi connectivity index (χ0n) is 24.7. The molecule has 0 radical (unpaired) electrons. The molecule has 3 aromatic rings. The third kappa shape index (κ3) is 8.04. The number of halogens is 1. The Hall–Kier alpha value is -4.12. The molecule has 43 heavy (non-hydrogen) atoms. The highest BCUT2D eigenvalue weighted by atomic mass is 32.2. The van der Waals surface area contributed by atoms with Crippen LogP contribution in [0.25, 0.3) is 0 Å². The number of amides is 2. The SMILES string of the molecule is CCOc1ccc(S(=O)(=O)N(CC(=O)N(Cc2ccc(OC)cc2)C(C)C(=O)NC2CCCC2)c2ccc(F)cc2)cc1. The second-order valence-corrected chi connectivity index (χ2v) is 12.3. The predicted molar refractivity (Wildman–Crippen MR) is 162 cm³/mol. The molecule has 0 spiro atoms. The topological polar surface area (TPSA) is 105 Å². The second-order valence-electron chi connectivity index (χ2n) is 10.4. The molecule has 4 rings (SSSR count). The normalized spacial score (nSPS) is 14.1. The smallest absolute Gasteiger partial charge is 0.264 e. The largest absolute Gasteiger partial charge is 0.497 e. The Labute approximate surface area is 252 Å². The van der Waals surface area contributed by atoms with Crippen LogP contribution in [0.4, 0.5) is 10.1 Å². The van der Waals surface area contributed by atoms with Crippen LogP contribution in [0.15, 0.2) is 77.7 Å². The Morgan fingerprint density at radius 1 is 0.953 bits per heavy atom. The van der Waals surface area contributed by atoms with E-state index in [1.54, 1.807) is 38.3 Å². The highest BCUT2D eigenvalue weighted by Crippen LogP contribution is 2.27.